The molecule has 0 aliphatic rings. The van der Waals surface area contributed by atoms with Crippen LogP contribution in [0.25, 0.3) is 0 Å². The molecule has 0 atom stereocenters. The van der Waals surface area contributed by atoms with E-state index in [1.807, 2.05) is 18.2 Å². The number of hydrogen-bond acceptors (Lipinski definition) is 7. The Morgan fingerprint density at radius 1 is 0.806 bits per heavy atom. The highest BCUT2D eigenvalue weighted by atomic mass is 35.5. The van der Waals surface area contributed by atoms with Crippen LogP contribution in [0.15, 0.2) is 82.8 Å². The Balaban J connectivity index is 0.000000250. The van der Waals surface area contributed by atoms with Crippen molar-refractivity contribution in [2.45, 2.75) is 9.79 Å². The van der Waals surface area contributed by atoms with E-state index in [9.17, 15) is 21.6 Å². The van der Waals surface area contributed by atoms with Gasteiger partial charge in [0.2, 0.25) is 0 Å². The highest BCUT2D eigenvalue weighted by Crippen LogP contribution is 2.20. The molecule has 13 heteroatoms. The molecular formula is C18H16ClNO9S2. The SMILES string of the molecule is O=C(O)c1cc(S(=O)(=O)O)ccc1O.O=S(=O)(O)c1ccc(Cl)cc1.c1ccncc1. The van der Waals surface area contributed by atoms with Gasteiger partial charge in [-0.05, 0) is 54.6 Å². The van der Waals surface area contributed by atoms with Crippen LogP contribution in [0.5, 0.6) is 5.75 Å². The molecule has 166 valence electrons. The Labute approximate surface area is 182 Å². The molecule has 1 heterocycles. The predicted molar refractivity (Wildman–Crippen MR) is 110 cm³/mol. The zero-order chi connectivity index (χ0) is 23.7. The zero-order valence-corrected chi connectivity index (χ0v) is 17.8. The van der Waals surface area contributed by atoms with Gasteiger partial charge in [0.25, 0.3) is 20.2 Å². The largest absolute Gasteiger partial charge is 0.507 e. The number of phenols is 1. The van der Waals surface area contributed by atoms with Crippen molar-refractivity contribution in [2.75, 3.05) is 0 Å². The Kier molecular flexibility index (Phi) is 9.55. The number of aromatic nitrogens is 1. The fourth-order valence-electron chi connectivity index (χ4n) is 1.77. The minimum absolute atomic E-state index is 0.151. The minimum Gasteiger partial charge on any atom is -0.507 e. The Morgan fingerprint density at radius 2 is 1.29 bits per heavy atom. The Morgan fingerprint density at radius 3 is 1.65 bits per heavy atom. The third kappa shape index (κ3) is 9.55. The molecule has 0 fully saturated rings. The second-order valence-electron chi connectivity index (χ2n) is 5.41. The van der Waals surface area contributed by atoms with Gasteiger partial charge in [-0.15, -0.1) is 0 Å². The summed E-state index contributed by atoms with van der Waals surface area (Å²) in [7, 11) is -8.53. The number of halogens is 1. The van der Waals surface area contributed by atoms with Crippen LogP contribution in [0.4, 0.5) is 0 Å². The fourth-order valence-corrected chi connectivity index (χ4v) is 2.88. The van der Waals surface area contributed by atoms with E-state index in [4.69, 9.17) is 30.9 Å². The average molecular weight is 490 g/mol. The lowest BCUT2D eigenvalue weighted by atomic mass is 10.2. The summed E-state index contributed by atoms with van der Waals surface area (Å²) in [6.07, 6.45) is 3.50. The van der Waals surface area contributed by atoms with Crippen molar-refractivity contribution in [3.05, 3.63) is 83.6 Å². The van der Waals surface area contributed by atoms with E-state index in [2.05, 4.69) is 4.98 Å². The van der Waals surface area contributed by atoms with Crippen LogP contribution < -0.4 is 0 Å². The second-order valence-corrected chi connectivity index (χ2v) is 8.69. The van der Waals surface area contributed by atoms with Gasteiger partial charge in [0.15, 0.2) is 0 Å². The van der Waals surface area contributed by atoms with Crippen molar-refractivity contribution in [2.24, 2.45) is 0 Å². The van der Waals surface area contributed by atoms with E-state index in [1.165, 1.54) is 24.3 Å². The molecule has 3 aromatic rings. The monoisotopic (exact) mass is 489 g/mol. The second kappa shape index (κ2) is 11.4. The van der Waals surface area contributed by atoms with E-state index in [1.54, 1.807) is 12.4 Å². The van der Waals surface area contributed by atoms with E-state index in [-0.39, 0.29) is 4.90 Å². The summed E-state index contributed by atoms with van der Waals surface area (Å²) in [6.45, 7) is 0. The third-order valence-corrected chi connectivity index (χ3v) is 5.14. The molecule has 0 radical (unpaired) electrons. The maximum Gasteiger partial charge on any atom is 0.339 e. The molecule has 1 aromatic heterocycles. The number of nitrogens with zero attached hydrogens (tertiary/aromatic N) is 1. The summed E-state index contributed by atoms with van der Waals surface area (Å²) >= 11 is 5.49. The molecule has 0 saturated heterocycles. The fraction of sp³-hybridized carbons (Fsp3) is 0. The first-order valence-electron chi connectivity index (χ1n) is 7.94. The number of benzene rings is 2. The quantitative estimate of drug-likeness (QED) is 0.399. The first-order valence-corrected chi connectivity index (χ1v) is 11.2. The van der Waals surface area contributed by atoms with Crippen molar-refractivity contribution in [1.82, 2.24) is 4.98 Å². The highest BCUT2D eigenvalue weighted by Gasteiger charge is 2.16. The topological polar surface area (TPSA) is 179 Å². The maximum atomic E-state index is 10.6. The van der Waals surface area contributed by atoms with E-state index < -0.39 is 42.4 Å². The molecule has 0 spiro atoms. The molecule has 0 unspecified atom stereocenters. The highest BCUT2D eigenvalue weighted by molar-refractivity contribution is 7.86. The normalized spacial score (nSPS) is 10.7. The number of pyridine rings is 1. The van der Waals surface area contributed by atoms with Gasteiger partial charge in [0, 0.05) is 17.4 Å². The van der Waals surface area contributed by atoms with E-state index in [0.717, 1.165) is 12.1 Å². The van der Waals surface area contributed by atoms with Crippen molar-refractivity contribution in [1.29, 1.82) is 0 Å². The summed E-state index contributed by atoms with van der Waals surface area (Å²) in [5, 5.41) is 18.0. The van der Waals surface area contributed by atoms with Gasteiger partial charge in [0.05, 0.1) is 9.79 Å². The summed E-state index contributed by atoms with van der Waals surface area (Å²) in [4.78, 5) is 13.5. The number of carboxylic acid groups (broad SMARTS) is 1. The van der Waals surface area contributed by atoms with Gasteiger partial charge >= 0.3 is 5.97 Å². The van der Waals surface area contributed by atoms with Gasteiger partial charge in [-0.1, -0.05) is 17.7 Å². The van der Waals surface area contributed by atoms with Crippen LogP contribution in [0.2, 0.25) is 5.02 Å². The van der Waals surface area contributed by atoms with Gasteiger partial charge in [-0.2, -0.15) is 16.8 Å². The lowest BCUT2D eigenvalue weighted by molar-refractivity contribution is 0.0693. The van der Waals surface area contributed by atoms with E-state index in [0.29, 0.717) is 11.1 Å². The lowest BCUT2D eigenvalue weighted by Gasteiger charge is -2.01. The van der Waals surface area contributed by atoms with Gasteiger partial charge in [-0.25, -0.2) is 4.79 Å². The van der Waals surface area contributed by atoms with Crippen LogP contribution >= 0.6 is 11.6 Å². The molecule has 0 aliphatic heterocycles. The van der Waals surface area contributed by atoms with Gasteiger partial charge < -0.3 is 10.2 Å². The standard InChI is InChI=1S/C7H6O6S.C6H5ClO3S.C5H5N/c8-6-2-1-4(14(11,12)13)3-5(6)7(9)10;7-5-1-3-6(4-2-5)11(8,9)10;1-2-4-6-5-3-1/h1-3,8H,(H,9,10)(H,11,12,13);1-4H,(H,8,9,10);1-5H. The molecule has 0 amide bonds. The van der Waals surface area contributed by atoms with Crippen molar-refractivity contribution >= 4 is 37.8 Å². The number of rotatable bonds is 3. The molecule has 4 N–H and O–H groups in total. The van der Waals surface area contributed by atoms with Crippen molar-refractivity contribution in [3.63, 3.8) is 0 Å². The number of carboxylic acids is 1. The molecule has 0 aliphatic carbocycles. The van der Waals surface area contributed by atoms with Crippen molar-refractivity contribution in [3.8, 4) is 5.75 Å². The Hall–Kier alpha value is -3.03. The summed E-state index contributed by atoms with van der Waals surface area (Å²) in [5.41, 5.74) is -0.583. The predicted octanol–water partition coefficient (Wildman–Crippen LogP) is 3.01. The number of aromatic carboxylic acids is 1. The van der Waals surface area contributed by atoms with Crippen molar-refractivity contribution < 1.29 is 40.9 Å². The molecule has 10 nitrogen and oxygen atoms in total. The smallest absolute Gasteiger partial charge is 0.339 e. The molecular weight excluding hydrogens is 474 g/mol. The van der Waals surface area contributed by atoms with E-state index >= 15 is 0 Å². The first-order chi connectivity index (χ1) is 14.3. The number of aromatic hydroxyl groups is 1. The zero-order valence-electron chi connectivity index (χ0n) is 15.4. The van der Waals surface area contributed by atoms with Crippen LogP contribution in [0.3, 0.4) is 0 Å². The summed E-state index contributed by atoms with van der Waals surface area (Å²) in [6, 6.07) is 13.4. The summed E-state index contributed by atoms with van der Waals surface area (Å²) < 4.78 is 59.2. The molecule has 31 heavy (non-hydrogen) atoms. The molecule has 3 rings (SSSR count). The lowest BCUT2D eigenvalue weighted by Crippen LogP contribution is -2.02. The van der Waals surface area contributed by atoms with Gasteiger partial charge in [-0.3, -0.25) is 14.1 Å². The number of carbonyl (C=O) groups is 1. The van der Waals surface area contributed by atoms with Crippen LogP contribution in [0.1, 0.15) is 10.4 Å². The number of hydrogen-bond donors (Lipinski definition) is 4. The molecule has 2 aromatic carbocycles. The summed E-state index contributed by atoms with van der Waals surface area (Å²) in [5.74, 6) is -2.04. The molecule has 0 saturated carbocycles. The average Bonchev–Trinajstić information content (AvgIpc) is 2.69. The molecule has 0 bridgehead atoms. The maximum absolute atomic E-state index is 10.6. The van der Waals surface area contributed by atoms with Crippen LogP contribution in [0, 0.1) is 0 Å². The van der Waals surface area contributed by atoms with Crippen LogP contribution in [-0.4, -0.2) is 47.1 Å². The van der Waals surface area contributed by atoms with Crippen LogP contribution in [-0.2, 0) is 20.2 Å². The minimum atomic E-state index is -4.45. The van der Waals surface area contributed by atoms with Gasteiger partial charge in [0.1, 0.15) is 11.3 Å². The Bertz CT molecular complexity index is 1190. The first kappa shape index (κ1) is 26.0. The third-order valence-electron chi connectivity index (χ3n) is 3.17.